The molecule has 2 aromatic carbocycles. The van der Waals surface area contributed by atoms with Gasteiger partial charge in [0.05, 0.1) is 5.69 Å². The van der Waals surface area contributed by atoms with Gasteiger partial charge in [0.1, 0.15) is 5.69 Å². The van der Waals surface area contributed by atoms with Crippen LogP contribution in [0.5, 0.6) is 0 Å². The number of aryl methyl sites for hydroxylation is 2. The van der Waals surface area contributed by atoms with Gasteiger partial charge in [-0.25, -0.2) is 0 Å². The number of hydrogen-bond donors (Lipinski definition) is 0. The Morgan fingerprint density at radius 2 is 1.92 bits per heavy atom. The van der Waals surface area contributed by atoms with Crippen LogP contribution >= 0.6 is 0 Å². The summed E-state index contributed by atoms with van der Waals surface area (Å²) >= 11 is 0. The van der Waals surface area contributed by atoms with Crippen molar-refractivity contribution in [1.82, 2.24) is 5.16 Å². The van der Waals surface area contributed by atoms with E-state index in [1.165, 1.54) is 11.1 Å². The fraction of sp³-hybridized carbons (Fsp3) is 0.200. The van der Waals surface area contributed by atoms with Crippen LogP contribution in [0.1, 0.15) is 27.2 Å². The number of carbonyl (C=O) groups excluding carboxylic acids is 1. The van der Waals surface area contributed by atoms with Gasteiger partial charge < -0.3 is 9.42 Å². The molecule has 0 bridgehead atoms. The van der Waals surface area contributed by atoms with Gasteiger partial charge in [-0.15, -0.1) is 0 Å². The zero-order valence-corrected chi connectivity index (χ0v) is 13.7. The molecule has 0 saturated heterocycles. The average molecular weight is 318 g/mol. The van der Waals surface area contributed by atoms with Crippen molar-refractivity contribution in [2.24, 2.45) is 0 Å². The molecule has 0 fully saturated rings. The molecule has 1 aromatic heterocycles. The van der Waals surface area contributed by atoms with E-state index in [4.69, 9.17) is 4.52 Å². The lowest BCUT2D eigenvalue weighted by Gasteiger charge is -2.17. The summed E-state index contributed by atoms with van der Waals surface area (Å²) in [6.45, 7) is 4.75. The van der Waals surface area contributed by atoms with Gasteiger partial charge in [0.2, 0.25) is 5.76 Å². The zero-order valence-electron chi connectivity index (χ0n) is 13.7. The number of aromatic nitrogens is 1. The summed E-state index contributed by atoms with van der Waals surface area (Å²) in [4.78, 5) is 14.6. The Hall–Kier alpha value is -2.88. The first-order valence-electron chi connectivity index (χ1n) is 8.07. The van der Waals surface area contributed by atoms with E-state index in [1.54, 1.807) is 11.0 Å². The summed E-state index contributed by atoms with van der Waals surface area (Å²) in [6, 6.07) is 15.9. The Bertz CT molecular complexity index is 910. The Morgan fingerprint density at radius 3 is 2.71 bits per heavy atom. The topological polar surface area (TPSA) is 46.3 Å². The molecule has 1 aliphatic rings. The smallest absolute Gasteiger partial charge is 0.296 e. The summed E-state index contributed by atoms with van der Waals surface area (Å²) in [7, 11) is 0. The second kappa shape index (κ2) is 5.64. The van der Waals surface area contributed by atoms with E-state index in [0.29, 0.717) is 12.2 Å². The molecule has 3 aromatic rings. The van der Waals surface area contributed by atoms with Gasteiger partial charge in [0.15, 0.2) is 0 Å². The molecule has 0 aliphatic carbocycles. The van der Waals surface area contributed by atoms with E-state index in [9.17, 15) is 4.79 Å². The number of rotatable bonds is 2. The number of para-hydroxylation sites is 1. The highest BCUT2D eigenvalue weighted by atomic mass is 16.5. The number of benzene rings is 2. The third-order valence-corrected chi connectivity index (χ3v) is 4.51. The number of hydrogen-bond acceptors (Lipinski definition) is 3. The van der Waals surface area contributed by atoms with Gasteiger partial charge >= 0.3 is 0 Å². The van der Waals surface area contributed by atoms with Crippen molar-refractivity contribution in [3.05, 3.63) is 71.0 Å². The van der Waals surface area contributed by atoms with Crippen LogP contribution in [0, 0.1) is 13.8 Å². The van der Waals surface area contributed by atoms with Gasteiger partial charge in [0.25, 0.3) is 5.91 Å². The molecule has 1 amide bonds. The molecular weight excluding hydrogens is 300 g/mol. The third-order valence-electron chi connectivity index (χ3n) is 4.51. The predicted octanol–water partition coefficient (Wildman–Crippen LogP) is 4.16. The highest BCUT2D eigenvalue weighted by molar-refractivity contribution is 6.06. The lowest BCUT2D eigenvalue weighted by atomic mass is 10.1. The molecule has 4 rings (SSSR count). The fourth-order valence-corrected chi connectivity index (χ4v) is 3.22. The summed E-state index contributed by atoms with van der Waals surface area (Å²) in [5.74, 6) is 0.149. The van der Waals surface area contributed by atoms with Crippen LogP contribution in [-0.4, -0.2) is 17.6 Å². The largest absolute Gasteiger partial charge is 0.350 e. The molecule has 0 N–H and O–H groups in total. The van der Waals surface area contributed by atoms with Gasteiger partial charge in [-0.3, -0.25) is 4.79 Å². The van der Waals surface area contributed by atoms with Gasteiger partial charge in [-0.05, 0) is 31.4 Å². The summed E-state index contributed by atoms with van der Waals surface area (Å²) in [5.41, 5.74) is 6.14. The van der Waals surface area contributed by atoms with E-state index in [1.807, 2.05) is 50.2 Å². The van der Waals surface area contributed by atoms with Gasteiger partial charge in [0, 0.05) is 18.2 Å². The maximum absolute atomic E-state index is 12.9. The molecule has 0 spiro atoms. The maximum Gasteiger partial charge on any atom is 0.296 e. The van der Waals surface area contributed by atoms with E-state index < -0.39 is 0 Å². The van der Waals surface area contributed by atoms with Crippen LogP contribution in [0.15, 0.2) is 53.1 Å². The van der Waals surface area contributed by atoms with E-state index >= 15 is 0 Å². The summed E-state index contributed by atoms with van der Waals surface area (Å²) < 4.78 is 5.34. The van der Waals surface area contributed by atoms with Crippen LogP contribution in [0.4, 0.5) is 5.69 Å². The average Bonchev–Trinajstić information content (AvgIpc) is 3.23. The molecule has 0 saturated carbocycles. The van der Waals surface area contributed by atoms with Crippen LogP contribution < -0.4 is 4.90 Å². The summed E-state index contributed by atoms with van der Waals surface area (Å²) in [5, 5.41) is 4.06. The lowest BCUT2D eigenvalue weighted by molar-refractivity contribution is 0.0954. The first-order chi connectivity index (χ1) is 11.6. The van der Waals surface area contributed by atoms with Crippen molar-refractivity contribution in [2.45, 2.75) is 20.3 Å². The van der Waals surface area contributed by atoms with E-state index in [2.05, 4.69) is 11.2 Å². The quantitative estimate of drug-likeness (QED) is 0.712. The monoisotopic (exact) mass is 318 g/mol. The van der Waals surface area contributed by atoms with E-state index in [-0.39, 0.29) is 11.7 Å². The molecule has 0 unspecified atom stereocenters. The van der Waals surface area contributed by atoms with Crippen molar-refractivity contribution < 1.29 is 9.32 Å². The Morgan fingerprint density at radius 1 is 1.12 bits per heavy atom. The zero-order chi connectivity index (χ0) is 16.7. The number of anilines is 1. The van der Waals surface area contributed by atoms with Crippen molar-refractivity contribution in [1.29, 1.82) is 0 Å². The highest BCUT2D eigenvalue weighted by Crippen LogP contribution is 2.33. The number of carbonyl (C=O) groups is 1. The highest BCUT2D eigenvalue weighted by Gasteiger charge is 2.29. The molecule has 0 radical (unpaired) electrons. The van der Waals surface area contributed by atoms with Crippen molar-refractivity contribution in [3.63, 3.8) is 0 Å². The minimum absolute atomic E-state index is 0.131. The standard InChI is InChI=1S/C20H18N2O2/c1-13-6-8-15(9-7-13)17-12-18(24-21-17)20(23)22-11-10-16-5-3-4-14(2)19(16)22/h3-9,12H,10-11H2,1-2H3. The Balaban J connectivity index is 1.64. The number of nitrogens with zero attached hydrogens (tertiary/aromatic N) is 2. The Kier molecular flexibility index (Phi) is 3.45. The first-order valence-corrected chi connectivity index (χ1v) is 8.07. The molecule has 2 heterocycles. The van der Waals surface area contributed by atoms with Gasteiger partial charge in [-0.2, -0.15) is 0 Å². The SMILES string of the molecule is Cc1ccc(-c2cc(C(=O)N3CCc4cccc(C)c43)on2)cc1. The van der Waals surface area contributed by atoms with Crippen LogP contribution in [0.3, 0.4) is 0 Å². The minimum atomic E-state index is -0.131. The van der Waals surface area contributed by atoms with Crippen molar-refractivity contribution in [3.8, 4) is 11.3 Å². The Labute approximate surface area is 140 Å². The third kappa shape index (κ3) is 2.40. The lowest BCUT2D eigenvalue weighted by Crippen LogP contribution is -2.29. The van der Waals surface area contributed by atoms with Crippen molar-refractivity contribution in [2.75, 3.05) is 11.4 Å². The van der Waals surface area contributed by atoms with Crippen LogP contribution in [0.25, 0.3) is 11.3 Å². The number of fused-ring (bicyclic) bond motifs is 1. The maximum atomic E-state index is 12.9. The molecular formula is C20H18N2O2. The molecule has 120 valence electrons. The normalized spacial score (nSPS) is 13.2. The van der Waals surface area contributed by atoms with Crippen molar-refractivity contribution >= 4 is 11.6 Å². The molecule has 4 heteroatoms. The van der Waals surface area contributed by atoms with Gasteiger partial charge in [-0.1, -0.05) is 53.2 Å². The predicted molar refractivity (Wildman–Crippen MR) is 93.2 cm³/mol. The second-order valence-corrected chi connectivity index (χ2v) is 6.23. The molecule has 24 heavy (non-hydrogen) atoms. The molecule has 0 atom stereocenters. The molecule has 4 nitrogen and oxygen atoms in total. The second-order valence-electron chi connectivity index (χ2n) is 6.23. The molecule has 1 aliphatic heterocycles. The van der Waals surface area contributed by atoms with Crippen LogP contribution in [-0.2, 0) is 6.42 Å². The fourth-order valence-electron chi connectivity index (χ4n) is 3.22. The first kappa shape index (κ1) is 14.7. The van der Waals surface area contributed by atoms with Crippen LogP contribution in [0.2, 0.25) is 0 Å². The summed E-state index contributed by atoms with van der Waals surface area (Å²) in [6.07, 6.45) is 0.877. The van der Waals surface area contributed by atoms with E-state index in [0.717, 1.165) is 23.2 Å². The number of amides is 1. The minimum Gasteiger partial charge on any atom is -0.350 e.